The van der Waals surface area contributed by atoms with E-state index in [1.165, 1.54) is 11.1 Å². The SMILES string of the molecule is CC(C)(C)OC(=O)N=C(NC(=O)OC(C)(C)C)N1CCc2ccc(OC(Cc3ccncc3)C3CCNCC3)cc2C1. The van der Waals surface area contributed by atoms with Gasteiger partial charge >= 0.3 is 12.2 Å². The molecule has 1 aromatic heterocycles. The lowest BCUT2D eigenvalue weighted by Gasteiger charge is -2.33. The highest BCUT2D eigenvalue weighted by atomic mass is 16.6. The molecule has 1 atom stereocenters. The number of amides is 2. The van der Waals surface area contributed by atoms with E-state index in [9.17, 15) is 9.59 Å². The van der Waals surface area contributed by atoms with Gasteiger partial charge in [-0.25, -0.2) is 9.59 Å². The molecular weight excluding hydrogens is 534 g/mol. The molecule has 1 saturated heterocycles. The molecule has 42 heavy (non-hydrogen) atoms. The van der Waals surface area contributed by atoms with Gasteiger partial charge in [0.1, 0.15) is 23.1 Å². The van der Waals surface area contributed by atoms with Crippen molar-refractivity contribution in [1.82, 2.24) is 20.5 Å². The van der Waals surface area contributed by atoms with Crippen LogP contribution < -0.4 is 15.4 Å². The van der Waals surface area contributed by atoms with Crippen LogP contribution in [-0.2, 0) is 28.9 Å². The van der Waals surface area contributed by atoms with Crippen LogP contribution >= 0.6 is 0 Å². The molecule has 2 amide bonds. The van der Waals surface area contributed by atoms with Crippen molar-refractivity contribution in [3.8, 4) is 5.75 Å². The Labute approximate surface area is 249 Å². The van der Waals surface area contributed by atoms with Crippen LogP contribution in [0.25, 0.3) is 0 Å². The molecule has 2 aliphatic rings. The summed E-state index contributed by atoms with van der Waals surface area (Å²) in [6.07, 6.45) is 5.87. The molecule has 2 N–H and O–H groups in total. The maximum atomic E-state index is 12.7. The zero-order chi connectivity index (χ0) is 30.3. The maximum absolute atomic E-state index is 12.7. The summed E-state index contributed by atoms with van der Waals surface area (Å²) in [7, 11) is 0. The largest absolute Gasteiger partial charge is 0.490 e. The summed E-state index contributed by atoms with van der Waals surface area (Å²) in [5, 5.41) is 6.13. The molecule has 0 saturated carbocycles. The summed E-state index contributed by atoms with van der Waals surface area (Å²) >= 11 is 0. The van der Waals surface area contributed by atoms with Crippen molar-refractivity contribution in [1.29, 1.82) is 0 Å². The topological polar surface area (TPSA) is 114 Å². The van der Waals surface area contributed by atoms with E-state index < -0.39 is 23.4 Å². The van der Waals surface area contributed by atoms with Crippen molar-refractivity contribution in [3.05, 3.63) is 59.4 Å². The molecule has 1 unspecified atom stereocenters. The van der Waals surface area contributed by atoms with Gasteiger partial charge in [0.15, 0.2) is 0 Å². The number of guanidine groups is 1. The first-order valence-electron chi connectivity index (χ1n) is 14.8. The van der Waals surface area contributed by atoms with Crippen molar-refractivity contribution < 1.29 is 23.8 Å². The molecule has 1 fully saturated rings. The van der Waals surface area contributed by atoms with Crippen LogP contribution in [0.4, 0.5) is 9.59 Å². The minimum atomic E-state index is -0.780. The Hall–Kier alpha value is -3.66. The van der Waals surface area contributed by atoms with Gasteiger partial charge in [0.2, 0.25) is 5.96 Å². The average molecular weight is 580 g/mol. The summed E-state index contributed by atoms with van der Waals surface area (Å²) in [5.41, 5.74) is 2.02. The third kappa shape index (κ3) is 9.72. The normalized spacial score (nSPS) is 17.2. The molecule has 0 spiro atoms. The van der Waals surface area contributed by atoms with Gasteiger partial charge in [0.05, 0.1) is 0 Å². The highest BCUT2D eigenvalue weighted by Gasteiger charge is 2.28. The third-order valence-corrected chi connectivity index (χ3v) is 7.08. The number of rotatable bonds is 5. The van der Waals surface area contributed by atoms with Crippen LogP contribution in [0.3, 0.4) is 0 Å². The molecule has 228 valence electrons. The summed E-state index contributed by atoms with van der Waals surface area (Å²) in [6, 6.07) is 10.3. The van der Waals surface area contributed by atoms with Crippen molar-refractivity contribution in [2.45, 2.75) is 91.1 Å². The fourth-order valence-electron chi connectivity index (χ4n) is 5.18. The summed E-state index contributed by atoms with van der Waals surface area (Å²) in [6.45, 7) is 13.6. The lowest BCUT2D eigenvalue weighted by atomic mass is 9.88. The molecule has 10 nitrogen and oxygen atoms in total. The van der Waals surface area contributed by atoms with E-state index in [1.54, 1.807) is 41.5 Å². The number of nitrogens with zero attached hydrogens (tertiary/aromatic N) is 3. The number of alkyl carbamates (subject to hydrolysis) is 1. The van der Waals surface area contributed by atoms with E-state index in [4.69, 9.17) is 14.2 Å². The van der Waals surface area contributed by atoms with Crippen LogP contribution in [-0.4, -0.2) is 65.0 Å². The molecule has 3 heterocycles. The second-order valence-electron chi connectivity index (χ2n) is 12.9. The van der Waals surface area contributed by atoms with Crippen LogP contribution in [0.15, 0.2) is 47.7 Å². The first kappa shape index (κ1) is 31.3. The summed E-state index contributed by atoms with van der Waals surface area (Å²) < 4.78 is 17.5. The number of fused-ring (bicyclic) bond motifs is 1. The Bertz CT molecular complexity index is 1250. The van der Waals surface area contributed by atoms with Crippen molar-refractivity contribution in [2.75, 3.05) is 19.6 Å². The number of piperidine rings is 1. The van der Waals surface area contributed by atoms with E-state index >= 15 is 0 Å². The monoisotopic (exact) mass is 579 g/mol. The Morgan fingerprint density at radius 1 is 1.02 bits per heavy atom. The minimum absolute atomic E-state index is 0.0328. The Balaban J connectivity index is 1.54. The first-order chi connectivity index (χ1) is 19.8. The van der Waals surface area contributed by atoms with Gasteiger partial charge in [-0.3, -0.25) is 10.3 Å². The van der Waals surface area contributed by atoms with Crippen LogP contribution in [0.5, 0.6) is 5.75 Å². The van der Waals surface area contributed by atoms with Gasteiger partial charge < -0.3 is 24.4 Å². The number of ether oxygens (including phenoxy) is 3. The van der Waals surface area contributed by atoms with E-state index in [1.807, 2.05) is 35.5 Å². The molecule has 0 radical (unpaired) electrons. The standard InChI is InChI=1S/C32H45N5O5/c1-31(2,3)41-29(38)35-28(36-30(39)42-32(4,5)6)37-18-13-23-7-8-26(20-25(23)21-37)40-27(24-11-16-34-17-12-24)19-22-9-14-33-15-10-22/h7-10,14-15,20,24,27,34H,11-13,16-19,21H2,1-6H3,(H,35,36,38,39). The molecule has 10 heteroatoms. The number of hydrogen-bond donors (Lipinski definition) is 2. The lowest BCUT2D eigenvalue weighted by Crippen LogP contribution is -2.48. The highest BCUT2D eigenvalue weighted by molar-refractivity contribution is 5.99. The van der Waals surface area contributed by atoms with Crippen molar-refractivity contribution in [3.63, 3.8) is 0 Å². The zero-order valence-electron chi connectivity index (χ0n) is 25.7. The van der Waals surface area contributed by atoms with Gasteiger partial charge in [0.25, 0.3) is 0 Å². The average Bonchev–Trinajstić information content (AvgIpc) is 2.91. The van der Waals surface area contributed by atoms with Gasteiger partial charge in [-0.15, -0.1) is 4.99 Å². The van der Waals surface area contributed by atoms with Gasteiger partial charge in [-0.1, -0.05) is 6.07 Å². The number of carbonyl (C=O) groups is 2. The Morgan fingerprint density at radius 3 is 2.38 bits per heavy atom. The number of pyridine rings is 1. The van der Waals surface area contributed by atoms with Crippen molar-refractivity contribution in [2.24, 2.45) is 10.9 Å². The zero-order valence-corrected chi connectivity index (χ0v) is 25.7. The predicted molar refractivity (Wildman–Crippen MR) is 162 cm³/mol. The van der Waals surface area contributed by atoms with Crippen molar-refractivity contribution >= 4 is 18.1 Å². The second kappa shape index (κ2) is 13.5. The maximum Gasteiger partial charge on any atom is 0.437 e. The third-order valence-electron chi connectivity index (χ3n) is 7.08. The molecule has 2 aliphatic heterocycles. The second-order valence-corrected chi connectivity index (χ2v) is 12.9. The number of aliphatic imine (C=N–C) groups is 1. The molecule has 0 aliphatic carbocycles. The van der Waals surface area contributed by atoms with E-state index in [0.717, 1.165) is 43.7 Å². The van der Waals surface area contributed by atoms with E-state index in [2.05, 4.69) is 32.7 Å². The number of hydrogen-bond acceptors (Lipinski definition) is 7. The first-order valence-corrected chi connectivity index (χ1v) is 14.8. The fourth-order valence-corrected chi connectivity index (χ4v) is 5.18. The minimum Gasteiger partial charge on any atom is -0.490 e. The number of nitrogens with one attached hydrogen (secondary N) is 2. The Morgan fingerprint density at radius 2 is 1.71 bits per heavy atom. The molecule has 4 rings (SSSR count). The number of carbonyl (C=O) groups excluding carboxylic acids is 2. The predicted octanol–water partition coefficient (Wildman–Crippen LogP) is 5.25. The number of aromatic nitrogens is 1. The van der Waals surface area contributed by atoms with E-state index in [-0.39, 0.29) is 12.1 Å². The van der Waals surface area contributed by atoms with Gasteiger partial charge in [-0.2, -0.15) is 0 Å². The quantitative estimate of drug-likeness (QED) is 0.365. The summed E-state index contributed by atoms with van der Waals surface area (Å²) in [5.74, 6) is 1.34. The summed E-state index contributed by atoms with van der Waals surface area (Å²) in [4.78, 5) is 35.5. The van der Waals surface area contributed by atoms with Crippen LogP contribution in [0, 0.1) is 5.92 Å². The fraction of sp³-hybridized carbons (Fsp3) is 0.562. The highest BCUT2D eigenvalue weighted by Crippen LogP contribution is 2.29. The van der Waals surface area contributed by atoms with Gasteiger partial charge in [-0.05, 0) is 121 Å². The smallest absolute Gasteiger partial charge is 0.437 e. The molecule has 1 aromatic carbocycles. The molecule has 2 aromatic rings. The Kier molecular flexibility index (Phi) is 10.1. The number of benzene rings is 1. The van der Waals surface area contributed by atoms with E-state index in [0.29, 0.717) is 25.4 Å². The van der Waals surface area contributed by atoms with Crippen LogP contribution in [0.2, 0.25) is 0 Å². The van der Waals surface area contributed by atoms with Crippen LogP contribution in [0.1, 0.15) is 71.1 Å². The van der Waals surface area contributed by atoms with Gasteiger partial charge in [0, 0.05) is 31.9 Å². The molecular formula is C32H45N5O5. The lowest BCUT2D eigenvalue weighted by molar-refractivity contribution is 0.0553. The molecule has 0 bridgehead atoms.